The van der Waals surface area contributed by atoms with Crippen LogP contribution < -0.4 is 5.32 Å². The highest BCUT2D eigenvalue weighted by atomic mass is 32.1. The average Bonchev–Trinajstić information content (AvgIpc) is 3.02. The van der Waals surface area contributed by atoms with Crippen LogP contribution in [-0.4, -0.2) is 66.3 Å². The van der Waals surface area contributed by atoms with Gasteiger partial charge in [-0.2, -0.15) is 0 Å². The van der Waals surface area contributed by atoms with E-state index in [-0.39, 0.29) is 6.10 Å². The zero-order valence-corrected chi connectivity index (χ0v) is 13.7. The highest BCUT2D eigenvalue weighted by Crippen LogP contribution is 2.29. The molecular formula is C16H27N3OS. The van der Waals surface area contributed by atoms with E-state index in [0.29, 0.717) is 12.1 Å². The van der Waals surface area contributed by atoms with E-state index >= 15 is 0 Å². The van der Waals surface area contributed by atoms with E-state index in [1.54, 1.807) is 0 Å². The summed E-state index contributed by atoms with van der Waals surface area (Å²) in [5.41, 5.74) is 0. The molecular weight excluding hydrogens is 282 g/mol. The number of rotatable bonds is 4. The van der Waals surface area contributed by atoms with Gasteiger partial charge in [-0.05, 0) is 31.2 Å². The van der Waals surface area contributed by atoms with Gasteiger partial charge < -0.3 is 15.3 Å². The molecule has 2 aliphatic rings. The Bertz CT molecular complexity index is 417. The van der Waals surface area contributed by atoms with Gasteiger partial charge in [-0.1, -0.05) is 6.07 Å². The minimum atomic E-state index is -0.0838. The molecule has 2 atom stereocenters. The van der Waals surface area contributed by atoms with Crippen molar-refractivity contribution in [1.29, 1.82) is 0 Å². The van der Waals surface area contributed by atoms with Gasteiger partial charge in [0.2, 0.25) is 0 Å². The summed E-state index contributed by atoms with van der Waals surface area (Å²) in [5.74, 6) is 0. The Morgan fingerprint density at radius 3 is 2.86 bits per heavy atom. The first-order valence-electron chi connectivity index (χ1n) is 8.14. The van der Waals surface area contributed by atoms with E-state index < -0.39 is 0 Å². The van der Waals surface area contributed by atoms with Crippen LogP contribution in [-0.2, 0) is 0 Å². The maximum atomic E-state index is 9.69. The Labute approximate surface area is 131 Å². The summed E-state index contributed by atoms with van der Waals surface area (Å²) in [7, 11) is 0. The van der Waals surface area contributed by atoms with E-state index in [2.05, 4.69) is 39.6 Å². The fraction of sp³-hybridized carbons (Fsp3) is 0.750. The Hall–Kier alpha value is -0.460. The lowest BCUT2D eigenvalue weighted by Crippen LogP contribution is -2.53. The van der Waals surface area contributed by atoms with Crippen LogP contribution in [0.4, 0.5) is 0 Å². The molecule has 3 rings (SSSR count). The van der Waals surface area contributed by atoms with Gasteiger partial charge in [0.1, 0.15) is 0 Å². The summed E-state index contributed by atoms with van der Waals surface area (Å²) in [6.45, 7) is 8.78. The second-order valence-electron chi connectivity index (χ2n) is 6.35. The Morgan fingerprint density at radius 1 is 1.38 bits per heavy atom. The van der Waals surface area contributed by atoms with Crippen molar-refractivity contribution in [3.8, 4) is 0 Å². The minimum Gasteiger partial charge on any atom is -0.393 e. The Morgan fingerprint density at radius 2 is 2.19 bits per heavy atom. The van der Waals surface area contributed by atoms with Crippen LogP contribution in [0.5, 0.6) is 0 Å². The third kappa shape index (κ3) is 3.85. The van der Waals surface area contributed by atoms with Crippen molar-refractivity contribution in [2.45, 2.75) is 38.0 Å². The van der Waals surface area contributed by atoms with E-state index in [9.17, 15) is 5.11 Å². The van der Waals surface area contributed by atoms with Crippen molar-refractivity contribution in [3.63, 3.8) is 0 Å². The highest BCUT2D eigenvalue weighted by molar-refractivity contribution is 7.10. The molecule has 0 spiro atoms. The molecule has 21 heavy (non-hydrogen) atoms. The van der Waals surface area contributed by atoms with Crippen LogP contribution in [0.25, 0.3) is 0 Å². The predicted molar refractivity (Wildman–Crippen MR) is 87.8 cm³/mol. The summed E-state index contributed by atoms with van der Waals surface area (Å²) in [5, 5.41) is 15.4. The lowest BCUT2D eigenvalue weighted by Gasteiger charge is -2.42. The normalized spacial score (nSPS) is 27.8. The topological polar surface area (TPSA) is 38.7 Å². The van der Waals surface area contributed by atoms with Crippen LogP contribution in [0.15, 0.2) is 17.5 Å². The summed E-state index contributed by atoms with van der Waals surface area (Å²) < 4.78 is 0. The zero-order chi connectivity index (χ0) is 14.7. The van der Waals surface area contributed by atoms with Crippen molar-refractivity contribution in [1.82, 2.24) is 15.1 Å². The highest BCUT2D eigenvalue weighted by Gasteiger charge is 2.30. The first kappa shape index (κ1) is 15.4. The number of likely N-dealkylation sites (tertiary alicyclic amines) is 1. The second kappa shape index (κ2) is 7.20. The monoisotopic (exact) mass is 309 g/mol. The third-order valence-corrected chi connectivity index (χ3v) is 5.79. The second-order valence-corrected chi connectivity index (χ2v) is 7.33. The Kier molecular flexibility index (Phi) is 5.29. The van der Waals surface area contributed by atoms with Crippen LogP contribution in [0.2, 0.25) is 0 Å². The molecule has 1 aromatic rings. The first-order chi connectivity index (χ1) is 10.2. The Balaban J connectivity index is 1.70. The van der Waals surface area contributed by atoms with Crippen LogP contribution >= 0.6 is 11.3 Å². The summed E-state index contributed by atoms with van der Waals surface area (Å²) in [4.78, 5) is 6.68. The summed E-state index contributed by atoms with van der Waals surface area (Å²) >= 11 is 1.88. The van der Waals surface area contributed by atoms with E-state index in [1.807, 2.05) is 11.3 Å². The predicted octanol–water partition coefficient (Wildman–Crippen LogP) is 1.54. The number of nitrogens with zero attached hydrogens (tertiary/aromatic N) is 2. The largest absolute Gasteiger partial charge is 0.393 e. The van der Waals surface area contributed by atoms with Crippen LogP contribution in [0, 0.1) is 0 Å². The molecule has 2 saturated heterocycles. The van der Waals surface area contributed by atoms with Gasteiger partial charge in [0.15, 0.2) is 0 Å². The van der Waals surface area contributed by atoms with Gasteiger partial charge in [0.05, 0.1) is 12.1 Å². The van der Waals surface area contributed by atoms with Crippen LogP contribution in [0.1, 0.15) is 30.7 Å². The zero-order valence-electron chi connectivity index (χ0n) is 12.9. The maximum Gasteiger partial charge on any atom is 0.0572 e. The van der Waals surface area contributed by atoms with Gasteiger partial charge in [-0.15, -0.1) is 11.3 Å². The van der Waals surface area contributed by atoms with E-state index in [1.165, 1.54) is 4.88 Å². The first-order valence-corrected chi connectivity index (χ1v) is 9.02. The van der Waals surface area contributed by atoms with Gasteiger partial charge >= 0.3 is 0 Å². The third-order valence-electron chi connectivity index (χ3n) is 4.81. The molecule has 1 aromatic heterocycles. The van der Waals surface area contributed by atoms with E-state index in [4.69, 9.17) is 0 Å². The molecule has 0 amide bonds. The maximum absolute atomic E-state index is 9.69. The number of hydrogen-bond acceptors (Lipinski definition) is 5. The fourth-order valence-electron chi connectivity index (χ4n) is 3.51. The molecule has 4 nitrogen and oxygen atoms in total. The molecule has 2 N–H and O–H groups in total. The van der Waals surface area contributed by atoms with Crippen molar-refractivity contribution in [2.24, 2.45) is 0 Å². The number of aliphatic hydroxyl groups is 1. The smallest absolute Gasteiger partial charge is 0.0572 e. The molecule has 0 aliphatic carbocycles. The summed E-state index contributed by atoms with van der Waals surface area (Å²) in [6, 6.07) is 5.53. The lowest BCUT2D eigenvalue weighted by molar-refractivity contribution is 0.0470. The lowest BCUT2D eigenvalue weighted by atomic mass is 10.0. The van der Waals surface area contributed by atoms with Gasteiger partial charge in [0, 0.05) is 50.2 Å². The number of nitrogens with one attached hydrogen (secondary N) is 1. The van der Waals surface area contributed by atoms with Crippen LogP contribution in [0.3, 0.4) is 0 Å². The molecule has 2 aliphatic heterocycles. The fourth-order valence-corrected chi connectivity index (χ4v) is 4.34. The van der Waals surface area contributed by atoms with Gasteiger partial charge in [-0.3, -0.25) is 4.90 Å². The number of aliphatic hydroxyl groups excluding tert-OH is 1. The molecule has 5 heteroatoms. The van der Waals surface area contributed by atoms with Crippen molar-refractivity contribution in [2.75, 3.05) is 39.3 Å². The number of thiophene rings is 1. The van der Waals surface area contributed by atoms with Gasteiger partial charge in [0.25, 0.3) is 0 Å². The number of piperazine rings is 1. The SMILES string of the molecule is CC1CNCCN1C(CN1CCC(O)CC1)c1cccs1. The molecule has 0 radical (unpaired) electrons. The summed E-state index contributed by atoms with van der Waals surface area (Å²) in [6.07, 6.45) is 1.77. The minimum absolute atomic E-state index is 0.0838. The van der Waals surface area contributed by atoms with E-state index in [0.717, 1.165) is 52.1 Å². The molecule has 0 saturated carbocycles. The van der Waals surface area contributed by atoms with Crippen molar-refractivity contribution >= 4 is 11.3 Å². The molecule has 2 fully saturated rings. The quantitative estimate of drug-likeness (QED) is 0.885. The molecule has 118 valence electrons. The molecule has 3 heterocycles. The van der Waals surface area contributed by atoms with Crippen molar-refractivity contribution in [3.05, 3.63) is 22.4 Å². The molecule has 0 aromatic carbocycles. The van der Waals surface area contributed by atoms with Gasteiger partial charge in [-0.25, -0.2) is 0 Å². The average molecular weight is 309 g/mol. The van der Waals surface area contributed by atoms with Crippen molar-refractivity contribution < 1.29 is 5.11 Å². The molecule has 0 bridgehead atoms. The molecule has 2 unspecified atom stereocenters. The number of hydrogen-bond donors (Lipinski definition) is 2. The standard InChI is InChI=1S/C16H27N3OS/c1-13-11-17-6-9-19(13)15(16-3-2-10-21-16)12-18-7-4-14(20)5-8-18/h2-3,10,13-15,17,20H,4-9,11-12H2,1H3. The number of piperidine rings is 1.